The molecule has 24 heavy (non-hydrogen) atoms. The molecule has 2 aromatic heterocycles. The molecule has 1 aromatic carbocycles. The van der Waals surface area contributed by atoms with Crippen LogP contribution in [-0.2, 0) is 6.18 Å². The zero-order valence-electron chi connectivity index (χ0n) is 11.6. The largest absolute Gasteiger partial charge is 0.453 e. The Balaban J connectivity index is 2.02. The Hall–Kier alpha value is -2.88. The maximum atomic E-state index is 12.7. The number of nitrogens with one attached hydrogen (secondary N) is 2. The highest BCUT2D eigenvalue weighted by atomic mass is 35.5. The first-order chi connectivity index (χ1) is 11.2. The lowest BCUT2D eigenvalue weighted by Crippen LogP contribution is -2.18. The van der Waals surface area contributed by atoms with E-state index in [1.807, 2.05) is 0 Å². The van der Waals surface area contributed by atoms with Crippen molar-refractivity contribution in [2.24, 2.45) is 0 Å². The topological polar surface area (TPSA) is 92.1 Å². The zero-order valence-corrected chi connectivity index (χ0v) is 12.3. The van der Waals surface area contributed by atoms with E-state index in [2.05, 4.69) is 20.4 Å². The molecule has 0 saturated heterocycles. The van der Waals surface area contributed by atoms with Crippen LogP contribution >= 0.6 is 11.6 Å². The molecule has 124 valence electrons. The van der Waals surface area contributed by atoms with E-state index in [0.717, 1.165) is 6.07 Å². The van der Waals surface area contributed by atoms with E-state index in [4.69, 9.17) is 11.6 Å². The normalized spacial score (nSPS) is 11.7. The molecule has 0 atom stereocenters. The number of anilines is 1. The molecule has 0 saturated carbocycles. The number of hydrogen-bond donors (Lipinski definition) is 2. The number of aromatic amines is 1. The van der Waals surface area contributed by atoms with Gasteiger partial charge in [-0.2, -0.15) is 22.7 Å². The predicted molar refractivity (Wildman–Crippen MR) is 78.0 cm³/mol. The van der Waals surface area contributed by atoms with E-state index < -0.39 is 29.2 Å². The molecule has 2 heterocycles. The molecule has 0 fully saturated rings. The van der Waals surface area contributed by atoms with Gasteiger partial charge in [-0.15, -0.1) is 5.10 Å². The summed E-state index contributed by atoms with van der Waals surface area (Å²) < 4.78 is 38.8. The average molecular weight is 358 g/mol. The predicted octanol–water partition coefficient (Wildman–Crippen LogP) is 2.34. The summed E-state index contributed by atoms with van der Waals surface area (Å²) in [6.07, 6.45) is -4.79. The number of hydrogen-bond acceptors (Lipinski definition) is 4. The van der Waals surface area contributed by atoms with Gasteiger partial charge in [-0.1, -0.05) is 11.6 Å². The van der Waals surface area contributed by atoms with Crippen LogP contribution < -0.4 is 10.9 Å². The second-order valence-electron chi connectivity index (χ2n) is 4.65. The van der Waals surface area contributed by atoms with Crippen LogP contribution in [-0.4, -0.2) is 25.5 Å². The number of H-pyrrole nitrogens is 1. The smallest absolute Gasteiger partial charge is 0.306 e. The summed E-state index contributed by atoms with van der Waals surface area (Å²) in [7, 11) is 0. The number of amides is 1. The number of carbonyl (C=O) groups excluding carboxylic acids is 1. The van der Waals surface area contributed by atoms with Gasteiger partial charge in [0.25, 0.3) is 17.3 Å². The van der Waals surface area contributed by atoms with Crippen LogP contribution in [0.1, 0.15) is 16.2 Å². The molecule has 0 spiro atoms. The van der Waals surface area contributed by atoms with E-state index in [0.29, 0.717) is 9.54 Å². The van der Waals surface area contributed by atoms with Crippen LogP contribution in [0.2, 0.25) is 5.02 Å². The summed E-state index contributed by atoms with van der Waals surface area (Å²) in [5.41, 5.74) is -0.543. The van der Waals surface area contributed by atoms with Crippen molar-refractivity contribution < 1.29 is 18.0 Å². The number of rotatable bonds is 2. The molecular formula is C13H7ClF3N5O2. The summed E-state index contributed by atoms with van der Waals surface area (Å²) in [4.78, 5) is 29.0. The van der Waals surface area contributed by atoms with Gasteiger partial charge >= 0.3 is 6.18 Å². The van der Waals surface area contributed by atoms with Crippen LogP contribution in [0.5, 0.6) is 0 Å². The molecule has 0 bridgehead atoms. The fraction of sp³-hybridized carbons (Fsp3) is 0.0769. The average Bonchev–Trinajstić information content (AvgIpc) is 2.92. The first-order valence-corrected chi connectivity index (χ1v) is 6.76. The lowest BCUT2D eigenvalue weighted by Gasteiger charge is -2.06. The maximum Gasteiger partial charge on any atom is 0.453 e. The zero-order chi connectivity index (χ0) is 17.5. The van der Waals surface area contributed by atoms with Gasteiger partial charge in [0.1, 0.15) is 5.82 Å². The second-order valence-corrected chi connectivity index (χ2v) is 5.08. The monoisotopic (exact) mass is 357 g/mol. The molecular weight excluding hydrogens is 351 g/mol. The summed E-state index contributed by atoms with van der Waals surface area (Å²) >= 11 is 5.71. The van der Waals surface area contributed by atoms with Crippen molar-refractivity contribution in [2.75, 3.05) is 5.32 Å². The molecule has 0 aliphatic rings. The lowest BCUT2D eigenvalue weighted by molar-refractivity contribution is -0.144. The van der Waals surface area contributed by atoms with Crippen molar-refractivity contribution in [1.82, 2.24) is 19.6 Å². The fourth-order valence-electron chi connectivity index (χ4n) is 1.89. The van der Waals surface area contributed by atoms with Crippen molar-refractivity contribution in [2.45, 2.75) is 6.18 Å². The number of alkyl halides is 3. The van der Waals surface area contributed by atoms with Crippen molar-refractivity contribution >= 4 is 29.1 Å². The minimum Gasteiger partial charge on any atom is -0.306 e. The Labute approximate surface area is 136 Å². The molecule has 11 heteroatoms. The Morgan fingerprint density at radius 2 is 1.92 bits per heavy atom. The fourth-order valence-corrected chi connectivity index (χ4v) is 2.02. The molecule has 0 radical (unpaired) electrons. The third kappa shape index (κ3) is 3.08. The van der Waals surface area contributed by atoms with Crippen molar-refractivity contribution in [3.05, 3.63) is 57.1 Å². The number of nitrogens with zero attached hydrogens (tertiary/aromatic N) is 3. The Kier molecular flexibility index (Phi) is 3.76. The summed E-state index contributed by atoms with van der Waals surface area (Å²) in [5, 5.41) is 5.99. The SMILES string of the molecule is O=C(Nc1cc(=O)[nH]c2nc(C(F)(F)F)nn12)c1ccc(Cl)cc1. The van der Waals surface area contributed by atoms with Crippen molar-refractivity contribution in [1.29, 1.82) is 0 Å². The van der Waals surface area contributed by atoms with Gasteiger partial charge in [0, 0.05) is 16.7 Å². The van der Waals surface area contributed by atoms with E-state index in [9.17, 15) is 22.8 Å². The summed E-state index contributed by atoms with van der Waals surface area (Å²) in [6, 6.07) is 6.69. The lowest BCUT2D eigenvalue weighted by atomic mass is 10.2. The molecule has 2 N–H and O–H groups in total. The van der Waals surface area contributed by atoms with Crippen LogP contribution in [0.3, 0.4) is 0 Å². The second kappa shape index (κ2) is 5.64. The summed E-state index contributed by atoms with van der Waals surface area (Å²) in [5.74, 6) is -2.79. The minimum atomic E-state index is -4.79. The quantitative estimate of drug-likeness (QED) is 0.736. The molecule has 0 aliphatic heterocycles. The van der Waals surface area contributed by atoms with Gasteiger partial charge in [0.2, 0.25) is 5.78 Å². The van der Waals surface area contributed by atoms with Gasteiger partial charge in [-0.05, 0) is 24.3 Å². The number of benzene rings is 1. The highest BCUT2D eigenvalue weighted by Crippen LogP contribution is 2.26. The highest BCUT2D eigenvalue weighted by molar-refractivity contribution is 6.30. The van der Waals surface area contributed by atoms with Gasteiger partial charge in [0.05, 0.1) is 0 Å². The Morgan fingerprint density at radius 3 is 2.54 bits per heavy atom. The van der Waals surface area contributed by atoms with Crippen LogP contribution in [0, 0.1) is 0 Å². The molecule has 0 aliphatic carbocycles. The third-order valence-electron chi connectivity index (χ3n) is 2.94. The van der Waals surface area contributed by atoms with Crippen LogP contribution in [0.25, 0.3) is 5.78 Å². The first kappa shape index (κ1) is 16.0. The van der Waals surface area contributed by atoms with Gasteiger partial charge in [-0.25, -0.2) is 0 Å². The molecule has 0 unspecified atom stereocenters. The van der Waals surface area contributed by atoms with Crippen molar-refractivity contribution in [3.8, 4) is 0 Å². The standard InChI is InChI=1S/C13H7ClF3N5O2/c14-7-3-1-6(2-4-7)10(24)18-8-5-9(23)19-12-20-11(13(15,16)17)21-22(8)12/h1-5H,(H,18,24)(H,19,20,21,23). The number of aromatic nitrogens is 4. The number of carbonyl (C=O) groups is 1. The molecule has 3 rings (SSSR count). The van der Waals surface area contributed by atoms with E-state index in [-0.39, 0.29) is 11.4 Å². The van der Waals surface area contributed by atoms with E-state index in [1.165, 1.54) is 24.3 Å². The minimum absolute atomic E-state index is 0.198. The molecule has 3 aromatic rings. The number of halogens is 4. The van der Waals surface area contributed by atoms with Crippen molar-refractivity contribution in [3.63, 3.8) is 0 Å². The Morgan fingerprint density at radius 1 is 1.25 bits per heavy atom. The van der Waals surface area contributed by atoms with Gasteiger partial charge in [-0.3, -0.25) is 14.6 Å². The third-order valence-corrected chi connectivity index (χ3v) is 3.19. The molecule has 1 amide bonds. The van der Waals surface area contributed by atoms with Crippen LogP contribution in [0.4, 0.5) is 19.0 Å². The maximum absolute atomic E-state index is 12.7. The van der Waals surface area contributed by atoms with E-state index >= 15 is 0 Å². The first-order valence-electron chi connectivity index (χ1n) is 6.38. The van der Waals surface area contributed by atoms with Gasteiger partial charge < -0.3 is 5.32 Å². The molecule has 7 nitrogen and oxygen atoms in total. The number of fused-ring (bicyclic) bond motifs is 1. The van der Waals surface area contributed by atoms with Crippen LogP contribution in [0.15, 0.2) is 35.1 Å². The highest BCUT2D eigenvalue weighted by Gasteiger charge is 2.36. The van der Waals surface area contributed by atoms with Gasteiger partial charge in [0.15, 0.2) is 0 Å². The summed E-state index contributed by atoms with van der Waals surface area (Å²) in [6.45, 7) is 0. The Bertz CT molecular complexity index is 978. The van der Waals surface area contributed by atoms with E-state index in [1.54, 1.807) is 0 Å².